The fraction of sp³-hybridized carbons (Fsp3) is 0.0714. The highest BCUT2D eigenvalue weighted by Gasteiger charge is 2.31. The highest BCUT2D eigenvalue weighted by molar-refractivity contribution is 5.74. The van der Waals surface area contributed by atoms with E-state index >= 15 is 0 Å². The van der Waals surface area contributed by atoms with Crippen molar-refractivity contribution in [2.45, 2.75) is 6.36 Å². The second kappa shape index (κ2) is 5.26. The van der Waals surface area contributed by atoms with E-state index in [9.17, 15) is 18.0 Å². The molecular formula is C14H7F3N6O2. The molecule has 0 fully saturated rings. The third kappa shape index (κ3) is 2.65. The van der Waals surface area contributed by atoms with Gasteiger partial charge in [-0.3, -0.25) is 9.36 Å². The fourth-order valence-corrected chi connectivity index (χ4v) is 2.38. The molecule has 0 saturated heterocycles. The summed E-state index contributed by atoms with van der Waals surface area (Å²) in [5, 5.41) is 11.6. The Morgan fingerprint density at radius 1 is 1.12 bits per heavy atom. The summed E-state index contributed by atoms with van der Waals surface area (Å²) in [5.41, 5.74) is 0.00906. The van der Waals surface area contributed by atoms with E-state index in [2.05, 4.69) is 25.0 Å². The van der Waals surface area contributed by atoms with E-state index < -0.39 is 17.7 Å². The SMILES string of the molecule is O=c1c2nnc3ncnn3c2ccn1-c1cccc(OC(F)(F)F)c1. The van der Waals surface area contributed by atoms with Crippen molar-refractivity contribution in [3.05, 3.63) is 53.2 Å². The first-order valence-electron chi connectivity index (χ1n) is 6.86. The molecule has 8 nitrogen and oxygen atoms in total. The van der Waals surface area contributed by atoms with E-state index in [1.807, 2.05) is 0 Å². The number of ether oxygens (including phenoxy) is 1. The summed E-state index contributed by atoms with van der Waals surface area (Å²) in [6.45, 7) is 0. The highest BCUT2D eigenvalue weighted by Crippen LogP contribution is 2.24. The minimum absolute atomic E-state index is 0.00245. The molecule has 0 spiro atoms. The Kier molecular flexibility index (Phi) is 3.17. The average Bonchev–Trinajstić information content (AvgIpc) is 3.03. The zero-order chi connectivity index (χ0) is 17.6. The van der Waals surface area contributed by atoms with Gasteiger partial charge in [-0.15, -0.1) is 23.4 Å². The van der Waals surface area contributed by atoms with Gasteiger partial charge in [-0.05, 0) is 18.2 Å². The average molecular weight is 348 g/mol. The van der Waals surface area contributed by atoms with E-state index in [0.29, 0.717) is 5.52 Å². The standard InChI is InChI=1S/C14H7F3N6O2/c15-14(16,17)25-9-3-1-2-8(6-9)22-5-4-10-11(12(22)24)20-21-13-18-7-19-23(10)13/h1-7H. The van der Waals surface area contributed by atoms with Gasteiger partial charge in [0.05, 0.1) is 5.69 Å². The van der Waals surface area contributed by atoms with Crippen molar-refractivity contribution in [1.29, 1.82) is 0 Å². The third-order valence-electron chi connectivity index (χ3n) is 3.37. The van der Waals surface area contributed by atoms with Crippen LogP contribution in [0, 0.1) is 0 Å². The Bertz CT molecular complexity index is 1150. The van der Waals surface area contributed by atoms with Crippen LogP contribution >= 0.6 is 0 Å². The molecule has 0 amide bonds. The molecule has 0 atom stereocenters. The van der Waals surface area contributed by atoms with Crippen molar-refractivity contribution in [1.82, 2.24) is 29.4 Å². The van der Waals surface area contributed by atoms with Gasteiger partial charge in [-0.25, -0.2) is 0 Å². The molecule has 0 aliphatic carbocycles. The number of aromatic nitrogens is 6. The number of rotatable bonds is 2. The molecule has 0 saturated carbocycles. The van der Waals surface area contributed by atoms with Crippen LogP contribution in [0.3, 0.4) is 0 Å². The maximum atomic E-state index is 12.6. The van der Waals surface area contributed by atoms with E-state index in [1.165, 1.54) is 29.2 Å². The Hall–Kier alpha value is -3.50. The molecule has 4 aromatic rings. The monoisotopic (exact) mass is 348 g/mol. The molecule has 0 aliphatic rings. The maximum absolute atomic E-state index is 12.6. The number of hydrogen-bond donors (Lipinski definition) is 0. The topological polar surface area (TPSA) is 87.2 Å². The highest BCUT2D eigenvalue weighted by atomic mass is 19.4. The van der Waals surface area contributed by atoms with Crippen LogP contribution in [0.25, 0.3) is 22.5 Å². The number of alkyl halides is 3. The fourth-order valence-electron chi connectivity index (χ4n) is 2.38. The van der Waals surface area contributed by atoms with Crippen LogP contribution in [0.5, 0.6) is 5.75 Å². The minimum atomic E-state index is -4.82. The number of pyridine rings is 1. The predicted molar refractivity (Wildman–Crippen MR) is 78.4 cm³/mol. The molecule has 11 heteroatoms. The predicted octanol–water partition coefficient (Wildman–Crippen LogP) is 1.72. The molecule has 0 aliphatic heterocycles. The van der Waals surface area contributed by atoms with Gasteiger partial charge in [0, 0.05) is 12.3 Å². The molecule has 0 bridgehead atoms. The largest absolute Gasteiger partial charge is 0.573 e. The van der Waals surface area contributed by atoms with Crippen molar-refractivity contribution in [3.63, 3.8) is 0 Å². The lowest BCUT2D eigenvalue weighted by atomic mass is 10.3. The summed E-state index contributed by atoms with van der Waals surface area (Å²) in [6.07, 6.45) is -2.15. The van der Waals surface area contributed by atoms with Gasteiger partial charge in [0.25, 0.3) is 11.3 Å². The van der Waals surface area contributed by atoms with E-state index in [0.717, 1.165) is 16.7 Å². The lowest BCUT2D eigenvalue weighted by molar-refractivity contribution is -0.274. The summed E-state index contributed by atoms with van der Waals surface area (Å²) in [6, 6.07) is 6.60. The first kappa shape index (κ1) is 15.1. The summed E-state index contributed by atoms with van der Waals surface area (Å²) in [7, 11) is 0. The number of nitrogens with zero attached hydrogens (tertiary/aromatic N) is 6. The van der Waals surface area contributed by atoms with Crippen LogP contribution < -0.4 is 10.3 Å². The van der Waals surface area contributed by atoms with Crippen molar-refractivity contribution in [3.8, 4) is 11.4 Å². The van der Waals surface area contributed by atoms with E-state index in [4.69, 9.17) is 0 Å². The maximum Gasteiger partial charge on any atom is 0.573 e. The second-order valence-corrected chi connectivity index (χ2v) is 4.94. The van der Waals surface area contributed by atoms with Crippen molar-refractivity contribution < 1.29 is 17.9 Å². The Morgan fingerprint density at radius 3 is 2.76 bits per heavy atom. The number of hydrogen-bond acceptors (Lipinski definition) is 6. The van der Waals surface area contributed by atoms with Crippen molar-refractivity contribution >= 4 is 16.8 Å². The molecule has 25 heavy (non-hydrogen) atoms. The Balaban J connectivity index is 1.87. The first-order chi connectivity index (χ1) is 11.9. The van der Waals surface area contributed by atoms with Gasteiger partial charge in [0.1, 0.15) is 17.6 Å². The third-order valence-corrected chi connectivity index (χ3v) is 3.37. The van der Waals surface area contributed by atoms with Crippen LogP contribution in [0.1, 0.15) is 0 Å². The molecule has 1 aromatic carbocycles. The zero-order valence-corrected chi connectivity index (χ0v) is 12.2. The Morgan fingerprint density at radius 2 is 1.96 bits per heavy atom. The summed E-state index contributed by atoms with van der Waals surface area (Å²) in [5.74, 6) is -0.208. The molecule has 126 valence electrons. The van der Waals surface area contributed by atoms with E-state index in [-0.39, 0.29) is 17.0 Å². The number of benzene rings is 1. The summed E-state index contributed by atoms with van der Waals surface area (Å²) in [4.78, 5) is 16.5. The van der Waals surface area contributed by atoms with Crippen LogP contribution in [0.15, 0.2) is 47.7 Å². The molecule has 0 unspecified atom stereocenters. The van der Waals surface area contributed by atoms with Gasteiger partial charge >= 0.3 is 6.36 Å². The zero-order valence-electron chi connectivity index (χ0n) is 12.2. The Labute approximate surface area is 136 Å². The van der Waals surface area contributed by atoms with Crippen LogP contribution in [-0.2, 0) is 0 Å². The summed E-state index contributed by atoms with van der Waals surface area (Å²) >= 11 is 0. The molecule has 3 aromatic heterocycles. The quantitative estimate of drug-likeness (QED) is 0.548. The lowest BCUT2D eigenvalue weighted by Gasteiger charge is -2.11. The second-order valence-electron chi connectivity index (χ2n) is 4.94. The van der Waals surface area contributed by atoms with Crippen LogP contribution in [-0.4, -0.2) is 35.7 Å². The molecular weight excluding hydrogens is 341 g/mol. The van der Waals surface area contributed by atoms with Gasteiger partial charge in [0.2, 0.25) is 0 Å². The molecule has 0 N–H and O–H groups in total. The van der Waals surface area contributed by atoms with Gasteiger partial charge < -0.3 is 4.74 Å². The minimum Gasteiger partial charge on any atom is -0.406 e. The molecule has 4 rings (SSSR count). The van der Waals surface area contributed by atoms with Gasteiger partial charge in [-0.1, -0.05) is 6.07 Å². The van der Waals surface area contributed by atoms with Gasteiger partial charge in [0.15, 0.2) is 5.52 Å². The normalized spacial score (nSPS) is 12.0. The first-order valence-corrected chi connectivity index (χ1v) is 6.86. The van der Waals surface area contributed by atoms with Gasteiger partial charge in [-0.2, -0.15) is 14.6 Å². The molecule has 3 heterocycles. The van der Waals surface area contributed by atoms with Crippen molar-refractivity contribution in [2.24, 2.45) is 0 Å². The van der Waals surface area contributed by atoms with Crippen LogP contribution in [0.2, 0.25) is 0 Å². The molecule has 0 radical (unpaired) electrons. The smallest absolute Gasteiger partial charge is 0.406 e. The number of fused-ring (bicyclic) bond motifs is 3. The van der Waals surface area contributed by atoms with Crippen molar-refractivity contribution in [2.75, 3.05) is 0 Å². The van der Waals surface area contributed by atoms with Crippen LogP contribution in [0.4, 0.5) is 13.2 Å². The van der Waals surface area contributed by atoms with E-state index in [1.54, 1.807) is 6.07 Å². The number of halogens is 3. The summed E-state index contributed by atoms with van der Waals surface area (Å²) < 4.78 is 43.4. The lowest BCUT2D eigenvalue weighted by Crippen LogP contribution is -2.21.